The van der Waals surface area contributed by atoms with Crippen molar-refractivity contribution in [2.75, 3.05) is 33.8 Å². The van der Waals surface area contributed by atoms with Gasteiger partial charge in [-0.2, -0.15) is 0 Å². The molecule has 0 aliphatic heterocycles. The Hall–Kier alpha value is -4.79. The van der Waals surface area contributed by atoms with E-state index in [1.807, 2.05) is 0 Å². The third kappa shape index (κ3) is 6.01. The van der Waals surface area contributed by atoms with Crippen molar-refractivity contribution in [2.45, 2.75) is 0 Å². The third-order valence-corrected chi connectivity index (χ3v) is 5.14. The number of carbonyl (C=O) groups excluding carboxylic acids is 1. The van der Waals surface area contributed by atoms with Crippen LogP contribution in [-0.2, 0) is 4.79 Å². The number of amides is 1. The number of ether oxygens (including phenoxy) is 4. The Morgan fingerprint density at radius 2 is 1.25 bits per heavy atom. The minimum Gasteiger partial charge on any atom is -0.504 e. The predicted molar refractivity (Wildman–Crippen MR) is 137 cm³/mol. The van der Waals surface area contributed by atoms with Crippen LogP contribution in [0, 0.1) is 0 Å². The summed E-state index contributed by atoms with van der Waals surface area (Å²) in [5.74, 6) is 0.359. The summed E-state index contributed by atoms with van der Waals surface area (Å²) in [6.07, 6.45) is 6.24. The van der Waals surface area contributed by atoms with E-state index < -0.39 is 5.91 Å². The predicted octanol–water partition coefficient (Wildman–Crippen LogP) is 4.66. The Morgan fingerprint density at radius 3 is 1.81 bits per heavy atom. The second-order valence-corrected chi connectivity index (χ2v) is 7.48. The van der Waals surface area contributed by atoms with Crippen molar-refractivity contribution in [3.05, 3.63) is 65.2 Å². The number of nitrogens with one attached hydrogen (secondary N) is 1. The number of methoxy groups -OCH3 is 4. The maximum Gasteiger partial charge on any atom is 0.248 e. The second kappa shape index (κ2) is 11.6. The lowest BCUT2D eigenvalue weighted by molar-refractivity contribution is -0.111. The van der Waals surface area contributed by atoms with Gasteiger partial charge in [0.05, 0.1) is 34.1 Å². The van der Waals surface area contributed by atoms with E-state index in [9.17, 15) is 20.1 Å². The summed E-state index contributed by atoms with van der Waals surface area (Å²) >= 11 is 0. The van der Waals surface area contributed by atoms with Gasteiger partial charge in [0.2, 0.25) is 11.7 Å². The lowest BCUT2D eigenvalue weighted by Gasteiger charge is -2.13. The SMILES string of the molecule is COc1cc(/C=C/c2cc(O)c(OC)c(NC(=O)/C=C/c3ccc(O)c(O)c3)c2)cc(OC)c1OC. The van der Waals surface area contributed by atoms with Gasteiger partial charge in [0, 0.05) is 6.08 Å². The average Bonchev–Trinajstić information content (AvgIpc) is 2.87. The van der Waals surface area contributed by atoms with Gasteiger partial charge in [-0.05, 0) is 59.2 Å². The number of anilines is 1. The van der Waals surface area contributed by atoms with Crippen LogP contribution in [0.3, 0.4) is 0 Å². The zero-order valence-corrected chi connectivity index (χ0v) is 20.2. The molecule has 0 aliphatic rings. The molecule has 0 bridgehead atoms. The maximum absolute atomic E-state index is 12.5. The first-order valence-corrected chi connectivity index (χ1v) is 10.7. The van der Waals surface area contributed by atoms with E-state index in [0.717, 1.165) is 5.56 Å². The number of hydrogen-bond donors (Lipinski definition) is 4. The van der Waals surface area contributed by atoms with Crippen molar-refractivity contribution >= 4 is 29.8 Å². The quantitative estimate of drug-likeness (QED) is 0.193. The Morgan fingerprint density at radius 1 is 0.667 bits per heavy atom. The molecule has 0 saturated carbocycles. The second-order valence-electron chi connectivity index (χ2n) is 7.48. The number of rotatable bonds is 9. The number of carbonyl (C=O) groups is 1. The van der Waals surface area contributed by atoms with Crippen molar-refractivity contribution in [1.82, 2.24) is 0 Å². The van der Waals surface area contributed by atoms with E-state index in [1.54, 1.807) is 36.4 Å². The topological polar surface area (TPSA) is 127 Å². The Labute approximate surface area is 208 Å². The van der Waals surface area contributed by atoms with Gasteiger partial charge in [-0.1, -0.05) is 18.2 Å². The third-order valence-electron chi connectivity index (χ3n) is 5.14. The minimum absolute atomic E-state index is 0.101. The maximum atomic E-state index is 12.5. The highest BCUT2D eigenvalue weighted by Gasteiger charge is 2.14. The summed E-state index contributed by atoms with van der Waals surface area (Å²) in [5, 5.41) is 32.1. The molecule has 3 aromatic carbocycles. The molecule has 0 spiro atoms. The van der Waals surface area contributed by atoms with E-state index in [0.29, 0.717) is 28.4 Å². The number of hydrogen-bond acceptors (Lipinski definition) is 8. The molecule has 0 fully saturated rings. The lowest BCUT2D eigenvalue weighted by Crippen LogP contribution is -2.09. The largest absolute Gasteiger partial charge is 0.504 e. The van der Waals surface area contributed by atoms with Gasteiger partial charge in [0.1, 0.15) is 0 Å². The van der Waals surface area contributed by atoms with Crippen LogP contribution in [0.2, 0.25) is 0 Å². The normalized spacial score (nSPS) is 11.0. The molecular weight excluding hydrogens is 466 g/mol. The zero-order chi connectivity index (χ0) is 26.2. The molecular formula is C27H27NO8. The number of phenolic OH excluding ortho intramolecular Hbond substituents is 3. The van der Waals surface area contributed by atoms with Crippen LogP contribution >= 0.6 is 0 Å². The van der Waals surface area contributed by atoms with Crippen molar-refractivity contribution in [3.8, 4) is 40.2 Å². The van der Waals surface area contributed by atoms with Crippen LogP contribution < -0.4 is 24.3 Å². The molecule has 3 rings (SSSR count). The van der Waals surface area contributed by atoms with E-state index in [2.05, 4.69) is 5.32 Å². The molecule has 0 heterocycles. The van der Waals surface area contributed by atoms with Gasteiger partial charge in [0.15, 0.2) is 34.5 Å². The fourth-order valence-electron chi connectivity index (χ4n) is 3.42. The molecule has 0 unspecified atom stereocenters. The van der Waals surface area contributed by atoms with Gasteiger partial charge in [0.25, 0.3) is 0 Å². The van der Waals surface area contributed by atoms with Gasteiger partial charge in [-0.3, -0.25) is 4.79 Å². The molecule has 0 radical (unpaired) electrons. The highest BCUT2D eigenvalue weighted by molar-refractivity contribution is 6.03. The Bertz CT molecular complexity index is 1290. The highest BCUT2D eigenvalue weighted by Crippen LogP contribution is 2.39. The van der Waals surface area contributed by atoms with Crippen molar-refractivity contribution in [2.24, 2.45) is 0 Å². The molecule has 0 saturated heterocycles. The van der Waals surface area contributed by atoms with Crippen LogP contribution in [0.5, 0.6) is 40.2 Å². The Kier molecular flexibility index (Phi) is 8.30. The van der Waals surface area contributed by atoms with E-state index in [1.165, 1.54) is 58.8 Å². The monoisotopic (exact) mass is 493 g/mol. The summed E-state index contributed by atoms with van der Waals surface area (Å²) in [7, 11) is 5.96. The van der Waals surface area contributed by atoms with Gasteiger partial charge < -0.3 is 39.6 Å². The van der Waals surface area contributed by atoms with E-state index in [4.69, 9.17) is 18.9 Å². The minimum atomic E-state index is -0.494. The van der Waals surface area contributed by atoms with Crippen molar-refractivity contribution in [3.63, 3.8) is 0 Å². The standard InChI is InChI=1S/C27H27NO8/c1-33-23-14-18(15-24(34-2)27(23)36-4)6-5-17-11-19(26(35-3)22(31)13-17)28-25(32)10-8-16-7-9-20(29)21(30)12-16/h5-15,29-31H,1-4H3,(H,28,32)/b6-5+,10-8+. The molecule has 0 aliphatic carbocycles. The highest BCUT2D eigenvalue weighted by atomic mass is 16.5. The number of phenols is 3. The zero-order valence-electron chi connectivity index (χ0n) is 20.2. The van der Waals surface area contributed by atoms with Crippen LogP contribution in [0.1, 0.15) is 16.7 Å². The van der Waals surface area contributed by atoms with Crippen LogP contribution in [-0.4, -0.2) is 49.7 Å². The molecule has 1 amide bonds. The molecule has 0 aromatic heterocycles. The summed E-state index contributed by atoms with van der Waals surface area (Å²) in [4.78, 5) is 12.5. The molecule has 188 valence electrons. The van der Waals surface area contributed by atoms with Crippen LogP contribution in [0.4, 0.5) is 5.69 Å². The number of aromatic hydroxyl groups is 3. The van der Waals surface area contributed by atoms with Gasteiger partial charge >= 0.3 is 0 Å². The first-order chi connectivity index (χ1) is 17.3. The summed E-state index contributed by atoms with van der Waals surface area (Å²) in [6.45, 7) is 0. The summed E-state index contributed by atoms with van der Waals surface area (Å²) < 4.78 is 21.3. The first kappa shape index (κ1) is 25.8. The summed E-state index contributed by atoms with van der Waals surface area (Å²) in [6, 6.07) is 10.9. The van der Waals surface area contributed by atoms with E-state index >= 15 is 0 Å². The summed E-state index contributed by atoms with van der Waals surface area (Å²) in [5.41, 5.74) is 2.11. The fraction of sp³-hybridized carbons (Fsp3) is 0.148. The van der Waals surface area contributed by atoms with Crippen LogP contribution in [0.15, 0.2) is 48.5 Å². The number of benzene rings is 3. The lowest BCUT2D eigenvalue weighted by atomic mass is 10.1. The van der Waals surface area contributed by atoms with Crippen molar-refractivity contribution < 1.29 is 39.1 Å². The first-order valence-electron chi connectivity index (χ1n) is 10.7. The smallest absolute Gasteiger partial charge is 0.248 e. The van der Waals surface area contributed by atoms with Gasteiger partial charge in [-0.15, -0.1) is 0 Å². The van der Waals surface area contributed by atoms with E-state index in [-0.39, 0.29) is 28.7 Å². The molecule has 3 aromatic rings. The van der Waals surface area contributed by atoms with Crippen LogP contribution in [0.25, 0.3) is 18.2 Å². The molecule has 0 atom stereocenters. The molecule has 9 nitrogen and oxygen atoms in total. The molecule has 4 N–H and O–H groups in total. The fourth-order valence-corrected chi connectivity index (χ4v) is 3.42. The molecule has 36 heavy (non-hydrogen) atoms. The molecule has 9 heteroatoms. The van der Waals surface area contributed by atoms with Gasteiger partial charge in [-0.25, -0.2) is 0 Å². The van der Waals surface area contributed by atoms with Crippen molar-refractivity contribution in [1.29, 1.82) is 0 Å². The average molecular weight is 494 g/mol. The Balaban J connectivity index is 1.86.